The number of carbonyl (C=O) groups excluding carboxylic acids is 2. The molecule has 0 spiro atoms. The van der Waals surface area contributed by atoms with Crippen LogP contribution in [0.25, 0.3) is 5.82 Å². The highest BCUT2D eigenvalue weighted by Gasteiger charge is 2.20. The van der Waals surface area contributed by atoms with Crippen molar-refractivity contribution in [1.29, 1.82) is 0 Å². The second-order valence-electron chi connectivity index (χ2n) is 7.39. The van der Waals surface area contributed by atoms with Crippen LogP contribution in [0.2, 0.25) is 5.02 Å². The molecule has 0 saturated heterocycles. The first-order valence-electron chi connectivity index (χ1n) is 10.4. The van der Waals surface area contributed by atoms with E-state index in [1.807, 2.05) is 48.7 Å². The summed E-state index contributed by atoms with van der Waals surface area (Å²) in [4.78, 5) is 33.9. The van der Waals surface area contributed by atoms with E-state index in [2.05, 4.69) is 20.6 Å². The van der Waals surface area contributed by atoms with Crippen molar-refractivity contribution in [3.63, 3.8) is 0 Å². The molecule has 2 amide bonds. The van der Waals surface area contributed by atoms with Gasteiger partial charge in [-0.2, -0.15) is 0 Å². The molecule has 2 heterocycles. The lowest BCUT2D eigenvalue weighted by molar-refractivity contribution is -0.121. The summed E-state index contributed by atoms with van der Waals surface area (Å²) >= 11 is 6.16. The summed E-state index contributed by atoms with van der Waals surface area (Å²) < 4.78 is 1.80. The fourth-order valence-electron chi connectivity index (χ4n) is 3.35. The van der Waals surface area contributed by atoms with Crippen molar-refractivity contribution in [2.24, 2.45) is 0 Å². The van der Waals surface area contributed by atoms with Crippen LogP contribution in [0.15, 0.2) is 91.6 Å². The summed E-state index contributed by atoms with van der Waals surface area (Å²) in [5.41, 5.74) is 2.06. The van der Waals surface area contributed by atoms with Gasteiger partial charge in [0.15, 0.2) is 0 Å². The van der Waals surface area contributed by atoms with Crippen LogP contribution in [0.4, 0.5) is 0 Å². The zero-order valence-corrected chi connectivity index (χ0v) is 18.4. The van der Waals surface area contributed by atoms with Gasteiger partial charge in [0.05, 0.1) is 23.0 Å². The molecule has 8 heteroatoms. The van der Waals surface area contributed by atoms with Crippen molar-refractivity contribution < 1.29 is 9.59 Å². The average molecular weight is 460 g/mol. The number of aromatic nitrogens is 3. The Morgan fingerprint density at radius 2 is 1.79 bits per heavy atom. The lowest BCUT2D eigenvalue weighted by Crippen LogP contribution is -2.33. The Bertz CT molecular complexity index is 1210. The number of hydrogen-bond acceptors (Lipinski definition) is 4. The fraction of sp³-hybridized carbons (Fsp3) is 0.120. The first-order chi connectivity index (χ1) is 16.1. The van der Waals surface area contributed by atoms with Gasteiger partial charge in [-0.25, -0.2) is 9.97 Å². The molecule has 1 unspecified atom stereocenters. The molecule has 0 saturated carbocycles. The average Bonchev–Trinajstić information content (AvgIpc) is 3.38. The number of nitrogens with one attached hydrogen (secondary N) is 2. The van der Waals surface area contributed by atoms with Gasteiger partial charge in [-0.1, -0.05) is 60.1 Å². The van der Waals surface area contributed by atoms with Crippen LogP contribution in [0.3, 0.4) is 0 Å². The molecule has 0 aliphatic rings. The third-order valence-corrected chi connectivity index (χ3v) is 5.41. The van der Waals surface area contributed by atoms with E-state index in [0.29, 0.717) is 17.1 Å². The topological polar surface area (TPSA) is 88.9 Å². The van der Waals surface area contributed by atoms with Crippen LogP contribution < -0.4 is 10.6 Å². The predicted octanol–water partition coefficient (Wildman–Crippen LogP) is 4.10. The highest BCUT2D eigenvalue weighted by molar-refractivity contribution is 6.33. The number of nitrogens with zero attached hydrogens (tertiary/aromatic N) is 3. The van der Waals surface area contributed by atoms with Gasteiger partial charge in [0.2, 0.25) is 5.91 Å². The largest absolute Gasteiger partial charge is 0.352 e. The third kappa shape index (κ3) is 5.84. The van der Waals surface area contributed by atoms with E-state index in [0.717, 1.165) is 16.9 Å². The highest BCUT2D eigenvalue weighted by Crippen LogP contribution is 2.20. The number of rotatable bonds is 8. The Hall–Kier alpha value is -3.97. The molecule has 2 aromatic heterocycles. The highest BCUT2D eigenvalue weighted by atomic mass is 35.5. The summed E-state index contributed by atoms with van der Waals surface area (Å²) in [7, 11) is 0. The number of imidazole rings is 1. The number of halogens is 1. The Morgan fingerprint density at radius 1 is 1.00 bits per heavy atom. The van der Waals surface area contributed by atoms with Gasteiger partial charge in [0.25, 0.3) is 5.91 Å². The molecule has 4 rings (SSSR count). The maximum absolute atomic E-state index is 12.8. The molecule has 0 radical (unpaired) electrons. The zero-order valence-electron chi connectivity index (χ0n) is 17.7. The van der Waals surface area contributed by atoms with Gasteiger partial charge in [-0.3, -0.25) is 14.2 Å². The Labute approximate surface area is 196 Å². The van der Waals surface area contributed by atoms with Crippen molar-refractivity contribution >= 4 is 23.4 Å². The normalized spacial score (nSPS) is 11.5. The summed E-state index contributed by atoms with van der Waals surface area (Å²) in [6, 6.07) is 19.5. The van der Waals surface area contributed by atoms with Gasteiger partial charge < -0.3 is 10.6 Å². The molecular formula is C25H22ClN5O2. The minimum atomic E-state index is -0.503. The smallest absolute Gasteiger partial charge is 0.253 e. The Kier molecular flexibility index (Phi) is 7.12. The molecule has 0 fully saturated rings. The summed E-state index contributed by atoms with van der Waals surface area (Å²) in [6.45, 7) is 0.329. The number of pyridine rings is 1. The molecule has 0 aliphatic carbocycles. The van der Waals surface area contributed by atoms with E-state index in [1.165, 1.54) is 0 Å². The molecule has 0 bridgehead atoms. The summed E-state index contributed by atoms with van der Waals surface area (Å²) in [6.07, 6.45) is 6.96. The molecule has 33 heavy (non-hydrogen) atoms. The Morgan fingerprint density at radius 3 is 2.48 bits per heavy atom. The molecule has 4 aromatic rings. The number of benzene rings is 2. The molecule has 166 valence electrons. The van der Waals surface area contributed by atoms with Crippen LogP contribution in [0, 0.1) is 0 Å². The van der Waals surface area contributed by atoms with E-state index in [1.54, 1.807) is 47.6 Å². The van der Waals surface area contributed by atoms with Crippen molar-refractivity contribution in [3.05, 3.63) is 113 Å². The minimum absolute atomic E-state index is 0.0841. The maximum atomic E-state index is 12.8. The molecule has 0 aliphatic heterocycles. The summed E-state index contributed by atoms with van der Waals surface area (Å²) in [5.74, 6) is 0.220. The van der Waals surface area contributed by atoms with Crippen LogP contribution >= 0.6 is 11.6 Å². The van der Waals surface area contributed by atoms with E-state index >= 15 is 0 Å². The lowest BCUT2D eigenvalue weighted by atomic mass is 10.0. The van der Waals surface area contributed by atoms with Crippen LogP contribution in [-0.4, -0.2) is 26.3 Å². The second-order valence-corrected chi connectivity index (χ2v) is 7.80. The number of amides is 2. The SMILES string of the molecule is O=C(CC(NC(=O)c1ccccc1Cl)c1ccccc1)NCc1ccc(-n2ccnc2)nc1. The molecule has 7 nitrogen and oxygen atoms in total. The quantitative estimate of drug-likeness (QED) is 0.415. The van der Waals surface area contributed by atoms with Crippen LogP contribution in [0.5, 0.6) is 0 Å². The zero-order chi connectivity index (χ0) is 23.0. The first kappa shape index (κ1) is 22.2. The third-order valence-electron chi connectivity index (χ3n) is 5.08. The van der Waals surface area contributed by atoms with E-state index in [9.17, 15) is 9.59 Å². The van der Waals surface area contributed by atoms with Gasteiger partial charge in [0, 0.05) is 25.1 Å². The predicted molar refractivity (Wildman–Crippen MR) is 126 cm³/mol. The standard InChI is InChI=1S/C25H22ClN5O2/c26-21-9-5-4-8-20(21)25(33)30-22(19-6-2-1-3-7-19)14-24(32)29-16-18-10-11-23(28-15-18)31-13-12-27-17-31/h1-13,15,17,22H,14,16H2,(H,29,32)(H,30,33). The van der Waals surface area contributed by atoms with E-state index in [-0.39, 0.29) is 18.2 Å². The minimum Gasteiger partial charge on any atom is -0.352 e. The van der Waals surface area contributed by atoms with Gasteiger partial charge in [-0.05, 0) is 29.3 Å². The van der Waals surface area contributed by atoms with Crippen LogP contribution in [0.1, 0.15) is 33.9 Å². The molecule has 1 atom stereocenters. The molecule has 2 N–H and O–H groups in total. The van der Waals surface area contributed by atoms with Crippen molar-refractivity contribution in [2.45, 2.75) is 19.0 Å². The monoisotopic (exact) mass is 459 g/mol. The van der Waals surface area contributed by atoms with Crippen LogP contribution in [-0.2, 0) is 11.3 Å². The number of hydrogen-bond donors (Lipinski definition) is 2. The van der Waals surface area contributed by atoms with Gasteiger partial charge in [-0.15, -0.1) is 0 Å². The maximum Gasteiger partial charge on any atom is 0.253 e. The van der Waals surface area contributed by atoms with Crippen molar-refractivity contribution in [3.8, 4) is 5.82 Å². The Balaban J connectivity index is 1.40. The van der Waals surface area contributed by atoms with Gasteiger partial charge >= 0.3 is 0 Å². The van der Waals surface area contributed by atoms with Gasteiger partial charge in [0.1, 0.15) is 12.1 Å². The van der Waals surface area contributed by atoms with E-state index in [4.69, 9.17) is 11.6 Å². The first-order valence-corrected chi connectivity index (χ1v) is 10.8. The van der Waals surface area contributed by atoms with E-state index < -0.39 is 6.04 Å². The second kappa shape index (κ2) is 10.6. The fourth-order valence-corrected chi connectivity index (χ4v) is 3.57. The molecule has 2 aromatic carbocycles. The molecular weight excluding hydrogens is 438 g/mol. The summed E-state index contributed by atoms with van der Waals surface area (Å²) in [5, 5.41) is 6.20. The lowest BCUT2D eigenvalue weighted by Gasteiger charge is -2.19. The van der Waals surface area contributed by atoms with Crippen molar-refractivity contribution in [2.75, 3.05) is 0 Å². The van der Waals surface area contributed by atoms with Crippen molar-refractivity contribution in [1.82, 2.24) is 25.2 Å². The number of carbonyl (C=O) groups is 2.